The number of nitrogens with one attached hydrogen (secondary N) is 1. The predicted octanol–water partition coefficient (Wildman–Crippen LogP) is 6.68. The zero-order valence-electron chi connectivity index (χ0n) is 24.8. The first-order valence-corrected chi connectivity index (χ1v) is 16.0. The van der Waals surface area contributed by atoms with Crippen LogP contribution in [0.5, 0.6) is 5.75 Å². The van der Waals surface area contributed by atoms with E-state index in [9.17, 15) is 9.00 Å². The summed E-state index contributed by atoms with van der Waals surface area (Å²) in [5, 5.41) is 3.41. The van der Waals surface area contributed by atoms with Crippen molar-refractivity contribution in [1.82, 2.24) is 9.55 Å². The second-order valence-electron chi connectivity index (χ2n) is 9.85. The van der Waals surface area contributed by atoms with Gasteiger partial charge in [-0.25, -0.2) is 4.98 Å². The third-order valence-corrected chi connectivity index (χ3v) is 8.46. The van der Waals surface area contributed by atoms with Crippen LogP contribution < -0.4 is 10.1 Å². The van der Waals surface area contributed by atoms with Crippen LogP contribution in [0.4, 0.5) is 5.69 Å². The van der Waals surface area contributed by atoms with Gasteiger partial charge < -0.3 is 24.1 Å². The molecule has 0 aliphatic heterocycles. The minimum Gasteiger partial charge on any atom is -0.496 e. The zero-order valence-corrected chi connectivity index (χ0v) is 26.3. The lowest BCUT2D eigenvalue weighted by atomic mass is 9.96. The van der Waals surface area contributed by atoms with E-state index in [1.807, 2.05) is 29.7 Å². The summed E-state index contributed by atoms with van der Waals surface area (Å²) in [7, 11) is 0.341. The molecule has 1 heterocycles. The first-order chi connectivity index (χ1) is 20.9. The van der Waals surface area contributed by atoms with E-state index in [4.69, 9.17) is 25.8 Å². The average Bonchev–Trinajstić information content (AvgIpc) is 3.45. The van der Waals surface area contributed by atoms with Gasteiger partial charge in [0.2, 0.25) is 5.91 Å². The molecule has 0 saturated heterocycles. The lowest BCUT2D eigenvalue weighted by molar-refractivity contribution is -0.111. The third-order valence-electron chi connectivity index (χ3n) is 6.80. The van der Waals surface area contributed by atoms with E-state index in [2.05, 4.69) is 23.3 Å². The first-order valence-electron chi connectivity index (χ1n) is 14.3. The van der Waals surface area contributed by atoms with Crippen molar-refractivity contribution in [3.63, 3.8) is 0 Å². The van der Waals surface area contributed by atoms with Crippen LogP contribution in [0.3, 0.4) is 0 Å². The van der Waals surface area contributed by atoms with Crippen LogP contribution in [0, 0.1) is 0 Å². The number of allylic oxidation sites excluding steroid dienone is 2. The molecule has 43 heavy (non-hydrogen) atoms. The Hall–Kier alpha value is -3.50. The van der Waals surface area contributed by atoms with Crippen molar-refractivity contribution in [3.05, 3.63) is 95.1 Å². The fraction of sp³-hybridized carbons (Fsp3) is 0.333. The Morgan fingerprint density at radius 1 is 1.21 bits per heavy atom. The van der Waals surface area contributed by atoms with Gasteiger partial charge in [-0.1, -0.05) is 36.8 Å². The minimum absolute atomic E-state index is 0.00574. The van der Waals surface area contributed by atoms with Crippen molar-refractivity contribution in [2.75, 3.05) is 32.2 Å². The molecule has 2 unspecified atom stereocenters. The summed E-state index contributed by atoms with van der Waals surface area (Å²) < 4.78 is 31.6. The van der Waals surface area contributed by atoms with Crippen molar-refractivity contribution in [1.29, 1.82) is 0 Å². The molecule has 10 heteroatoms. The molecule has 1 amide bonds. The zero-order chi connectivity index (χ0) is 30.6. The van der Waals surface area contributed by atoms with Gasteiger partial charge >= 0.3 is 0 Å². The molecule has 4 rings (SSSR count). The van der Waals surface area contributed by atoms with Crippen LogP contribution in [0.2, 0.25) is 5.02 Å². The Labute approximate surface area is 260 Å². The average molecular weight is 624 g/mol. The second-order valence-corrected chi connectivity index (χ2v) is 11.7. The molecule has 3 aromatic rings. The van der Waals surface area contributed by atoms with E-state index >= 15 is 0 Å². The predicted molar refractivity (Wildman–Crippen MR) is 173 cm³/mol. The molecule has 1 aliphatic rings. The highest BCUT2D eigenvalue weighted by molar-refractivity contribution is 7.84. The maximum Gasteiger partial charge on any atom is 0.248 e. The summed E-state index contributed by atoms with van der Waals surface area (Å²) in [6.07, 6.45) is 14.5. The fourth-order valence-electron chi connectivity index (χ4n) is 4.59. The first kappa shape index (κ1) is 32.4. The number of ether oxygens (including phenoxy) is 3. The highest BCUT2D eigenvalue weighted by Crippen LogP contribution is 2.34. The molecule has 0 fully saturated rings. The summed E-state index contributed by atoms with van der Waals surface area (Å²) in [4.78, 5) is 17.6. The van der Waals surface area contributed by atoms with Crippen molar-refractivity contribution < 1.29 is 23.2 Å². The molecule has 2 atom stereocenters. The van der Waals surface area contributed by atoms with Crippen LogP contribution in [0.1, 0.15) is 43.5 Å². The molecule has 0 saturated carbocycles. The summed E-state index contributed by atoms with van der Waals surface area (Å²) >= 11 is 6.60. The van der Waals surface area contributed by atoms with Gasteiger partial charge in [0.1, 0.15) is 5.75 Å². The van der Waals surface area contributed by atoms with Gasteiger partial charge in [0.25, 0.3) is 0 Å². The molecular formula is C33H38ClN3O5S. The Bertz CT molecular complexity index is 1500. The smallest absolute Gasteiger partial charge is 0.248 e. The number of rotatable bonds is 15. The van der Waals surface area contributed by atoms with Crippen molar-refractivity contribution in [3.8, 4) is 5.75 Å². The van der Waals surface area contributed by atoms with E-state index in [0.717, 1.165) is 41.8 Å². The van der Waals surface area contributed by atoms with Crippen LogP contribution in [-0.4, -0.2) is 52.7 Å². The number of imidazole rings is 1. The van der Waals surface area contributed by atoms with Crippen LogP contribution in [0.25, 0.3) is 11.6 Å². The van der Waals surface area contributed by atoms with Gasteiger partial charge in [-0.3, -0.25) is 9.00 Å². The third kappa shape index (κ3) is 9.24. The molecule has 1 aliphatic carbocycles. The van der Waals surface area contributed by atoms with Crippen molar-refractivity contribution in [2.24, 2.45) is 0 Å². The highest BCUT2D eigenvalue weighted by atomic mass is 35.5. The molecule has 0 bridgehead atoms. The number of halogens is 1. The van der Waals surface area contributed by atoms with Crippen LogP contribution in [-0.2, 0) is 37.4 Å². The quantitative estimate of drug-likeness (QED) is 0.150. The number of amides is 1. The molecule has 0 spiro atoms. The topological polar surface area (TPSA) is 91.7 Å². The monoisotopic (exact) mass is 623 g/mol. The van der Waals surface area contributed by atoms with Crippen LogP contribution >= 0.6 is 11.6 Å². The van der Waals surface area contributed by atoms with E-state index < -0.39 is 10.8 Å². The van der Waals surface area contributed by atoms with E-state index in [1.54, 1.807) is 56.0 Å². The maximum atomic E-state index is 12.9. The van der Waals surface area contributed by atoms with Gasteiger partial charge in [0, 0.05) is 47.1 Å². The van der Waals surface area contributed by atoms with Gasteiger partial charge in [0.05, 0.1) is 60.0 Å². The number of hydrogen-bond acceptors (Lipinski definition) is 6. The van der Waals surface area contributed by atoms with Gasteiger partial charge in [-0.05, 0) is 67.8 Å². The molecule has 2 aromatic carbocycles. The molecule has 0 radical (unpaired) electrons. The second kappa shape index (κ2) is 16.4. The van der Waals surface area contributed by atoms with Gasteiger partial charge in [-0.15, -0.1) is 0 Å². The number of anilines is 1. The van der Waals surface area contributed by atoms with Crippen molar-refractivity contribution >= 4 is 45.6 Å². The number of nitrogens with zero attached hydrogens (tertiary/aromatic N) is 2. The Kier molecular flexibility index (Phi) is 12.3. The summed E-state index contributed by atoms with van der Waals surface area (Å²) in [6.45, 7) is 6.69. The molecule has 8 nitrogen and oxygen atoms in total. The number of aryl methyl sites for hydroxylation is 1. The van der Waals surface area contributed by atoms with Crippen LogP contribution in [0.15, 0.2) is 78.1 Å². The Morgan fingerprint density at radius 3 is 2.72 bits per heavy atom. The standard InChI is InChI=1S/C33H38ClN3O5S/c1-4-16-37-23-35-21-27(37)22-43(39)29-13-9-26(10-14-29)36-33(38)15-8-25-19-30(31(34)20-32(25)40-3)24-6-11-28(12-7-24)42-18-17-41-5-2/h6-11,13-15,19-21,23,28H,4-5,12,16-18,22H2,1-3H3,(H,36,38)/b15-8+. The van der Waals surface area contributed by atoms with Gasteiger partial charge in [0.15, 0.2) is 0 Å². The molecule has 1 N–H and O–H groups in total. The number of benzene rings is 2. The van der Waals surface area contributed by atoms with E-state index in [1.165, 1.54) is 6.08 Å². The van der Waals surface area contributed by atoms with E-state index in [0.29, 0.717) is 46.9 Å². The minimum atomic E-state index is -1.22. The lowest BCUT2D eigenvalue weighted by Gasteiger charge is -2.18. The Balaban J connectivity index is 1.37. The summed E-state index contributed by atoms with van der Waals surface area (Å²) in [6, 6.07) is 10.7. The molecular weight excluding hydrogens is 586 g/mol. The number of aromatic nitrogens is 2. The summed E-state index contributed by atoms with van der Waals surface area (Å²) in [5.41, 5.74) is 4.07. The van der Waals surface area contributed by atoms with E-state index in [-0.39, 0.29) is 12.0 Å². The SMILES string of the molecule is CCCn1cncc1CS(=O)c1ccc(NC(=O)/C=C/c2cc(C3=CCC(OCCOCC)C=C3)c(Cl)cc2OC)cc1. The lowest BCUT2D eigenvalue weighted by Crippen LogP contribution is -2.15. The number of hydrogen-bond donors (Lipinski definition) is 1. The fourth-order valence-corrected chi connectivity index (χ4v) is 5.97. The summed E-state index contributed by atoms with van der Waals surface area (Å²) in [5.74, 6) is 0.636. The van der Waals surface area contributed by atoms with Gasteiger partial charge in [-0.2, -0.15) is 0 Å². The number of carbonyl (C=O) groups excluding carboxylic acids is 1. The van der Waals surface area contributed by atoms with Crippen molar-refractivity contribution in [2.45, 2.75) is 50.0 Å². The molecule has 1 aromatic heterocycles. The number of methoxy groups -OCH3 is 1. The normalized spacial score (nSPS) is 15.4. The number of carbonyl (C=O) groups is 1. The largest absolute Gasteiger partial charge is 0.496 e. The molecule has 228 valence electrons. The Morgan fingerprint density at radius 2 is 2.02 bits per heavy atom. The highest BCUT2D eigenvalue weighted by Gasteiger charge is 2.15. The maximum absolute atomic E-state index is 12.9.